The Labute approximate surface area is 137 Å². The van der Waals surface area contributed by atoms with E-state index in [1.807, 2.05) is 60.7 Å². The quantitative estimate of drug-likeness (QED) is 0.834. The molecule has 2 aromatic carbocycles. The molecule has 1 amide bonds. The molecule has 4 nitrogen and oxygen atoms in total. The monoisotopic (exact) mass is 310 g/mol. The topological polar surface area (TPSA) is 41.6 Å². The number of nitrogens with one attached hydrogen (secondary N) is 1. The number of carbonyl (C=O) groups excluding carboxylic acids is 1. The summed E-state index contributed by atoms with van der Waals surface area (Å²) in [7, 11) is 0. The molecule has 2 aromatic rings. The van der Waals surface area contributed by atoms with Crippen molar-refractivity contribution in [1.29, 1.82) is 0 Å². The Morgan fingerprint density at radius 2 is 1.61 bits per heavy atom. The standard InChI is InChI=1S/C19H22N2O2/c22-19(20-23-15-16-9-3-1-4-10-16)18(21-13-7-8-14-21)17-11-5-2-6-12-17/h1-6,9-12,18H,7-8,13-15H2,(H,20,22). The normalized spacial score (nSPS) is 16.2. The van der Waals surface area contributed by atoms with Crippen LogP contribution in [0.5, 0.6) is 0 Å². The van der Waals surface area contributed by atoms with Gasteiger partial charge < -0.3 is 0 Å². The minimum Gasteiger partial charge on any atom is -0.288 e. The second kappa shape index (κ2) is 7.90. The van der Waals surface area contributed by atoms with Gasteiger partial charge in [-0.25, -0.2) is 5.48 Å². The van der Waals surface area contributed by atoms with Crippen LogP contribution in [0.15, 0.2) is 60.7 Å². The number of amides is 1. The van der Waals surface area contributed by atoms with Gasteiger partial charge in [0.1, 0.15) is 6.04 Å². The van der Waals surface area contributed by atoms with Gasteiger partial charge in [-0.2, -0.15) is 0 Å². The number of rotatable bonds is 6. The van der Waals surface area contributed by atoms with Crippen LogP contribution in [-0.4, -0.2) is 23.9 Å². The zero-order valence-electron chi connectivity index (χ0n) is 13.2. The van der Waals surface area contributed by atoms with Crippen LogP contribution in [0.25, 0.3) is 0 Å². The Morgan fingerprint density at radius 1 is 1.00 bits per heavy atom. The zero-order chi connectivity index (χ0) is 15.9. The molecule has 120 valence electrons. The Bertz CT molecular complexity index is 610. The molecule has 1 unspecified atom stereocenters. The summed E-state index contributed by atoms with van der Waals surface area (Å²) in [5, 5.41) is 0. The van der Waals surface area contributed by atoms with Gasteiger partial charge in [-0.05, 0) is 37.1 Å². The highest BCUT2D eigenvalue weighted by molar-refractivity contribution is 5.82. The lowest BCUT2D eigenvalue weighted by Gasteiger charge is -2.26. The average molecular weight is 310 g/mol. The maximum atomic E-state index is 12.6. The summed E-state index contributed by atoms with van der Waals surface area (Å²) in [6.07, 6.45) is 2.28. The molecule has 0 aromatic heterocycles. The van der Waals surface area contributed by atoms with Crippen molar-refractivity contribution in [3.05, 3.63) is 71.8 Å². The van der Waals surface area contributed by atoms with Crippen LogP contribution in [0.3, 0.4) is 0 Å². The third-order valence-corrected chi connectivity index (χ3v) is 4.12. The van der Waals surface area contributed by atoms with Gasteiger partial charge in [0, 0.05) is 0 Å². The Hall–Kier alpha value is -2.17. The van der Waals surface area contributed by atoms with E-state index in [4.69, 9.17) is 4.84 Å². The van der Waals surface area contributed by atoms with Crippen LogP contribution in [0.4, 0.5) is 0 Å². The van der Waals surface area contributed by atoms with Gasteiger partial charge in [0.25, 0.3) is 5.91 Å². The smallest absolute Gasteiger partial charge is 0.265 e. The van der Waals surface area contributed by atoms with E-state index in [0.29, 0.717) is 6.61 Å². The summed E-state index contributed by atoms with van der Waals surface area (Å²) in [5.41, 5.74) is 4.67. The fourth-order valence-corrected chi connectivity index (χ4v) is 2.98. The van der Waals surface area contributed by atoms with E-state index in [2.05, 4.69) is 10.4 Å². The lowest BCUT2D eigenvalue weighted by molar-refractivity contribution is -0.140. The molecule has 1 heterocycles. The van der Waals surface area contributed by atoms with Gasteiger partial charge in [-0.3, -0.25) is 14.5 Å². The third kappa shape index (κ3) is 4.18. The van der Waals surface area contributed by atoms with E-state index >= 15 is 0 Å². The number of hydrogen-bond donors (Lipinski definition) is 1. The molecule has 1 fully saturated rings. The van der Waals surface area contributed by atoms with Crippen LogP contribution in [0, 0.1) is 0 Å². The lowest BCUT2D eigenvalue weighted by atomic mass is 10.1. The number of hydrogen-bond acceptors (Lipinski definition) is 3. The maximum absolute atomic E-state index is 12.6. The number of carbonyl (C=O) groups is 1. The molecule has 1 saturated heterocycles. The highest BCUT2D eigenvalue weighted by Gasteiger charge is 2.29. The van der Waals surface area contributed by atoms with Gasteiger partial charge in [-0.1, -0.05) is 60.7 Å². The van der Waals surface area contributed by atoms with Crippen molar-refractivity contribution >= 4 is 5.91 Å². The molecule has 0 radical (unpaired) electrons. The van der Waals surface area contributed by atoms with Crippen molar-refractivity contribution in [3.8, 4) is 0 Å². The SMILES string of the molecule is O=C(NOCc1ccccc1)C(c1ccccc1)N1CCCC1. The predicted octanol–water partition coefficient (Wildman–Crippen LogP) is 3.07. The fourth-order valence-electron chi connectivity index (χ4n) is 2.98. The van der Waals surface area contributed by atoms with Gasteiger partial charge in [0.15, 0.2) is 0 Å². The van der Waals surface area contributed by atoms with E-state index in [9.17, 15) is 4.79 Å². The molecular weight excluding hydrogens is 288 g/mol. The first-order valence-corrected chi connectivity index (χ1v) is 8.09. The molecule has 0 aliphatic carbocycles. The first kappa shape index (κ1) is 15.7. The Morgan fingerprint density at radius 3 is 2.26 bits per heavy atom. The van der Waals surface area contributed by atoms with Crippen molar-refractivity contribution < 1.29 is 9.63 Å². The van der Waals surface area contributed by atoms with Gasteiger partial charge >= 0.3 is 0 Å². The second-order valence-electron chi connectivity index (χ2n) is 5.80. The summed E-state index contributed by atoms with van der Waals surface area (Å²) in [5.74, 6) is -0.103. The summed E-state index contributed by atoms with van der Waals surface area (Å²) >= 11 is 0. The van der Waals surface area contributed by atoms with Crippen molar-refractivity contribution in [2.45, 2.75) is 25.5 Å². The lowest BCUT2D eigenvalue weighted by Crippen LogP contribution is -2.39. The van der Waals surface area contributed by atoms with E-state index in [0.717, 1.165) is 37.1 Å². The molecule has 0 saturated carbocycles. The van der Waals surface area contributed by atoms with Gasteiger partial charge in [0.05, 0.1) is 6.61 Å². The van der Waals surface area contributed by atoms with E-state index in [-0.39, 0.29) is 11.9 Å². The van der Waals surface area contributed by atoms with Crippen LogP contribution < -0.4 is 5.48 Å². The minimum absolute atomic E-state index is 0.103. The molecule has 3 rings (SSSR count). The van der Waals surface area contributed by atoms with Crippen molar-refractivity contribution in [2.24, 2.45) is 0 Å². The Kier molecular flexibility index (Phi) is 5.40. The molecular formula is C19H22N2O2. The highest BCUT2D eigenvalue weighted by Crippen LogP contribution is 2.25. The first-order valence-electron chi connectivity index (χ1n) is 8.09. The van der Waals surface area contributed by atoms with E-state index < -0.39 is 0 Å². The molecule has 0 bridgehead atoms. The summed E-state index contributed by atoms with van der Waals surface area (Å²) in [4.78, 5) is 20.3. The molecule has 0 spiro atoms. The first-order chi connectivity index (χ1) is 11.3. The summed E-state index contributed by atoms with van der Waals surface area (Å²) in [6.45, 7) is 2.27. The molecule has 1 N–H and O–H groups in total. The number of nitrogens with zero attached hydrogens (tertiary/aromatic N) is 1. The van der Waals surface area contributed by atoms with E-state index in [1.54, 1.807) is 0 Å². The number of likely N-dealkylation sites (tertiary alicyclic amines) is 1. The largest absolute Gasteiger partial charge is 0.288 e. The average Bonchev–Trinajstić information content (AvgIpc) is 3.11. The molecule has 23 heavy (non-hydrogen) atoms. The van der Waals surface area contributed by atoms with Crippen LogP contribution in [0.1, 0.15) is 30.0 Å². The van der Waals surface area contributed by atoms with Gasteiger partial charge in [0.2, 0.25) is 0 Å². The van der Waals surface area contributed by atoms with Crippen LogP contribution in [0.2, 0.25) is 0 Å². The van der Waals surface area contributed by atoms with Crippen molar-refractivity contribution in [3.63, 3.8) is 0 Å². The zero-order valence-corrected chi connectivity index (χ0v) is 13.2. The fraction of sp³-hybridized carbons (Fsp3) is 0.316. The number of hydroxylamine groups is 1. The molecule has 1 atom stereocenters. The molecule has 1 aliphatic heterocycles. The van der Waals surface area contributed by atoms with Crippen LogP contribution in [-0.2, 0) is 16.2 Å². The summed E-state index contributed by atoms with van der Waals surface area (Å²) in [6, 6.07) is 19.4. The summed E-state index contributed by atoms with van der Waals surface area (Å²) < 4.78 is 0. The highest BCUT2D eigenvalue weighted by atomic mass is 16.6. The van der Waals surface area contributed by atoms with E-state index in [1.165, 1.54) is 0 Å². The Balaban J connectivity index is 1.63. The predicted molar refractivity (Wildman–Crippen MR) is 89.4 cm³/mol. The van der Waals surface area contributed by atoms with Crippen LogP contribution >= 0.6 is 0 Å². The van der Waals surface area contributed by atoms with Crippen molar-refractivity contribution in [1.82, 2.24) is 10.4 Å². The molecule has 4 heteroatoms. The van der Waals surface area contributed by atoms with Crippen molar-refractivity contribution in [2.75, 3.05) is 13.1 Å². The van der Waals surface area contributed by atoms with Gasteiger partial charge in [-0.15, -0.1) is 0 Å². The molecule has 1 aliphatic rings. The maximum Gasteiger partial charge on any atom is 0.265 e. The third-order valence-electron chi connectivity index (χ3n) is 4.12. The number of benzene rings is 2. The second-order valence-corrected chi connectivity index (χ2v) is 5.80. The minimum atomic E-state index is -0.283.